The van der Waals surface area contributed by atoms with E-state index in [1.807, 2.05) is 26.2 Å². The van der Waals surface area contributed by atoms with Crippen molar-refractivity contribution in [3.63, 3.8) is 0 Å². The summed E-state index contributed by atoms with van der Waals surface area (Å²) in [6, 6.07) is 6.78. The molecule has 1 aliphatic rings. The first-order chi connectivity index (χ1) is 10.8. The van der Waals surface area contributed by atoms with Crippen LogP contribution in [0.25, 0.3) is 0 Å². The SMILES string of the molecule is CN(C)C[C@H]1CN(Cc2ccc(OCC(F)(F)F)cc2)CCO1. The van der Waals surface area contributed by atoms with Crippen LogP contribution in [0.3, 0.4) is 0 Å². The van der Waals surface area contributed by atoms with Crippen LogP contribution in [-0.2, 0) is 11.3 Å². The van der Waals surface area contributed by atoms with Crippen molar-refractivity contribution in [1.82, 2.24) is 9.80 Å². The van der Waals surface area contributed by atoms with E-state index in [0.29, 0.717) is 6.61 Å². The molecule has 7 heteroatoms. The highest BCUT2D eigenvalue weighted by atomic mass is 19.4. The summed E-state index contributed by atoms with van der Waals surface area (Å²) in [5, 5.41) is 0. The van der Waals surface area contributed by atoms with Gasteiger partial charge in [0.2, 0.25) is 0 Å². The van der Waals surface area contributed by atoms with Gasteiger partial charge in [-0.1, -0.05) is 12.1 Å². The minimum absolute atomic E-state index is 0.188. The Balaban J connectivity index is 1.83. The van der Waals surface area contributed by atoms with Crippen LogP contribution in [0.1, 0.15) is 5.56 Å². The summed E-state index contributed by atoms with van der Waals surface area (Å²) in [6.07, 6.45) is -4.12. The molecule has 23 heavy (non-hydrogen) atoms. The molecule has 0 radical (unpaired) electrons. The summed E-state index contributed by atoms with van der Waals surface area (Å²) in [5.74, 6) is 0.235. The second-order valence-corrected chi connectivity index (χ2v) is 6.04. The highest BCUT2D eigenvalue weighted by molar-refractivity contribution is 5.27. The first kappa shape index (κ1) is 18.0. The van der Waals surface area contributed by atoms with Crippen LogP contribution in [0.2, 0.25) is 0 Å². The zero-order valence-electron chi connectivity index (χ0n) is 13.5. The van der Waals surface area contributed by atoms with Gasteiger partial charge in [-0.05, 0) is 31.8 Å². The molecule has 1 saturated heterocycles. The Hall–Kier alpha value is -1.31. The van der Waals surface area contributed by atoms with Crippen molar-refractivity contribution in [3.8, 4) is 5.75 Å². The summed E-state index contributed by atoms with van der Waals surface area (Å²) in [4.78, 5) is 4.39. The summed E-state index contributed by atoms with van der Waals surface area (Å²) in [6.45, 7) is 2.78. The monoisotopic (exact) mass is 332 g/mol. The second kappa shape index (κ2) is 7.99. The number of hydrogen-bond donors (Lipinski definition) is 0. The van der Waals surface area contributed by atoms with E-state index in [4.69, 9.17) is 9.47 Å². The number of morpholine rings is 1. The number of hydrogen-bond acceptors (Lipinski definition) is 4. The first-order valence-corrected chi connectivity index (χ1v) is 7.59. The molecule has 1 aliphatic heterocycles. The molecule has 130 valence electrons. The van der Waals surface area contributed by atoms with E-state index >= 15 is 0 Å². The molecule has 0 bridgehead atoms. The van der Waals surface area contributed by atoms with Crippen molar-refractivity contribution in [3.05, 3.63) is 29.8 Å². The van der Waals surface area contributed by atoms with Gasteiger partial charge in [-0.15, -0.1) is 0 Å². The van der Waals surface area contributed by atoms with Crippen molar-refractivity contribution < 1.29 is 22.6 Å². The Kier molecular flexibility index (Phi) is 6.26. The van der Waals surface area contributed by atoms with Crippen LogP contribution in [0.4, 0.5) is 13.2 Å². The molecule has 0 amide bonds. The number of halogens is 3. The minimum atomic E-state index is -4.31. The van der Waals surface area contributed by atoms with Crippen molar-refractivity contribution >= 4 is 0 Å². The van der Waals surface area contributed by atoms with Gasteiger partial charge in [-0.2, -0.15) is 13.2 Å². The van der Waals surface area contributed by atoms with Crippen LogP contribution in [0.15, 0.2) is 24.3 Å². The Labute approximate surface area is 134 Å². The summed E-state index contributed by atoms with van der Waals surface area (Å²) < 4.78 is 46.8. The van der Waals surface area contributed by atoms with E-state index in [1.165, 1.54) is 0 Å². The lowest BCUT2D eigenvalue weighted by molar-refractivity contribution is -0.153. The molecule has 0 aliphatic carbocycles. The highest BCUT2D eigenvalue weighted by Crippen LogP contribution is 2.19. The smallest absolute Gasteiger partial charge is 0.422 e. The van der Waals surface area contributed by atoms with Gasteiger partial charge in [0.25, 0.3) is 0 Å². The summed E-state index contributed by atoms with van der Waals surface area (Å²) in [7, 11) is 4.03. The van der Waals surface area contributed by atoms with Crippen LogP contribution < -0.4 is 4.74 Å². The number of nitrogens with zero attached hydrogens (tertiary/aromatic N) is 2. The van der Waals surface area contributed by atoms with E-state index < -0.39 is 12.8 Å². The third-order valence-corrected chi connectivity index (χ3v) is 3.52. The lowest BCUT2D eigenvalue weighted by Gasteiger charge is -2.34. The van der Waals surface area contributed by atoms with Gasteiger partial charge in [0.05, 0.1) is 12.7 Å². The van der Waals surface area contributed by atoms with Gasteiger partial charge in [0.1, 0.15) is 5.75 Å². The fourth-order valence-electron chi connectivity index (χ4n) is 2.56. The average Bonchev–Trinajstić information content (AvgIpc) is 2.45. The Bertz CT molecular complexity index is 477. The van der Waals surface area contributed by atoms with Gasteiger partial charge >= 0.3 is 6.18 Å². The largest absolute Gasteiger partial charge is 0.484 e. The maximum Gasteiger partial charge on any atom is 0.422 e. The molecular weight excluding hydrogens is 309 g/mol. The summed E-state index contributed by atoms with van der Waals surface area (Å²) >= 11 is 0. The van der Waals surface area contributed by atoms with Crippen molar-refractivity contribution in [2.45, 2.75) is 18.8 Å². The molecule has 1 heterocycles. The molecule has 2 rings (SSSR count). The molecule has 0 aromatic heterocycles. The fraction of sp³-hybridized carbons (Fsp3) is 0.625. The van der Waals surface area contributed by atoms with Gasteiger partial charge in [-0.3, -0.25) is 4.90 Å². The third kappa shape index (κ3) is 6.76. The van der Waals surface area contributed by atoms with Gasteiger partial charge in [0, 0.05) is 26.2 Å². The topological polar surface area (TPSA) is 24.9 Å². The normalized spacial score (nSPS) is 20.0. The van der Waals surface area contributed by atoms with Crippen molar-refractivity contribution in [2.24, 2.45) is 0 Å². The zero-order valence-corrected chi connectivity index (χ0v) is 13.5. The molecule has 1 aromatic rings. The first-order valence-electron chi connectivity index (χ1n) is 7.59. The molecule has 4 nitrogen and oxygen atoms in total. The third-order valence-electron chi connectivity index (χ3n) is 3.52. The Morgan fingerprint density at radius 2 is 1.96 bits per heavy atom. The highest BCUT2D eigenvalue weighted by Gasteiger charge is 2.28. The lowest BCUT2D eigenvalue weighted by atomic mass is 10.1. The molecule has 1 atom stereocenters. The zero-order chi connectivity index (χ0) is 16.9. The molecule has 0 unspecified atom stereocenters. The molecule has 0 spiro atoms. The minimum Gasteiger partial charge on any atom is -0.484 e. The Morgan fingerprint density at radius 1 is 1.26 bits per heavy atom. The molecule has 1 fully saturated rings. The van der Waals surface area contributed by atoms with Gasteiger partial charge in [0.15, 0.2) is 6.61 Å². The van der Waals surface area contributed by atoms with Crippen molar-refractivity contribution in [2.75, 3.05) is 46.9 Å². The van der Waals surface area contributed by atoms with Crippen LogP contribution >= 0.6 is 0 Å². The van der Waals surface area contributed by atoms with Crippen molar-refractivity contribution in [1.29, 1.82) is 0 Å². The molecule has 0 saturated carbocycles. The van der Waals surface area contributed by atoms with E-state index in [1.54, 1.807) is 12.1 Å². The lowest BCUT2D eigenvalue weighted by Crippen LogP contribution is -2.45. The number of rotatable bonds is 6. The van der Waals surface area contributed by atoms with Crippen LogP contribution in [0.5, 0.6) is 5.75 Å². The van der Waals surface area contributed by atoms with Crippen LogP contribution in [-0.4, -0.2) is 69.0 Å². The van der Waals surface area contributed by atoms with Crippen LogP contribution in [0, 0.1) is 0 Å². The van der Waals surface area contributed by atoms with Gasteiger partial charge < -0.3 is 14.4 Å². The summed E-state index contributed by atoms with van der Waals surface area (Å²) in [5.41, 5.74) is 1.05. The molecule has 1 aromatic carbocycles. The maximum atomic E-state index is 12.1. The predicted molar refractivity (Wildman–Crippen MR) is 81.6 cm³/mol. The van der Waals surface area contributed by atoms with Gasteiger partial charge in [-0.25, -0.2) is 0 Å². The second-order valence-electron chi connectivity index (χ2n) is 6.04. The average molecular weight is 332 g/mol. The number of ether oxygens (including phenoxy) is 2. The van der Waals surface area contributed by atoms with E-state index in [2.05, 4.69) is 9.80 Å². The number of alkyl halides is 3. The standard InChI is InChI=1S/C16H23F3N2O2/c1-20(2)10-15-11-21(7-8-22-15)9-13-3-5-14(6-4-13)23-12-16(17,18)19/h3-6,15H,7-12H2,1-2H3/t15-/m0/s1. The van der Waals surface area contributed by atoms with E-state index in [0.717, 1.165) is 31.7 Å². The molecular formula is C16H23F3N2O2. The van der Waals surface area contributed by atoms with E-state index in [9.17, 15) is 13.2 Å². The fourth-order valence-corrected chi connectivity index (χ4v) is 2.56. The quantitative estimate of drug-likeness (QED) is 0.799. The predicted octanol–water partition coefficient (Wildman–Crippen LogP) is 2.39. The number of likely N-dealkylation sites (N-methyl/N-ethyl adjacent to an activating group) is 1. The number of benzene rings is 1. The molecule has 0 N–H and O–H groups in total. The van der Waals surface area contributed by atoms with E-state index in [-0.39, 0.29) is 11.9 Å². The maximum absolute atomic E-state index is 12.1. The Morgan fingerprint density at radius 3 is 2.57 bits per heavy atom.